The lowest BCUT2D eigenvalue weighted by atomic mass is 9.84. The number of rotatable bonds is 7. The summed E-state index contributed by atoms with van der Waals surface area (Å²) in [6.07, 6.45) is 3.98. The Labute approximate surface area is 148 Å². The first-order chi connectivity index (χ1) is 12.1. The van der Waals surface area contributed by atoms with E-state index in [2.05, 4.69) is 29.3 Å². The molecule has 6 nitrogen and oxygen atoms in total. The molecule has 0 bridgehead atoms. The van der Waals surface area contributed by atoms with Crippen LogP contribution in [0.1, 0.15) is 51.5 Å². The van der Waals surface area contributed by atoms with Crippen LogP contribution in [0.15, 0.2) is 28.8 Å². The van der Waals surface area contributed by atoms with Gasteiger partial charge in [0.15, 0.2) is 0 Å². The Hall–Kier alpha value is -2.37. The van der Waals surface area contributed by atoms with E-state index in [0.29, 0.717) is 11.7 Å². The van der Waals surface area contributed by atoms with Crippen molar-refractivity contribution >= 4 is 5.91 Å². The Bertz CT molecular complexity index is 724. The molecule has 0 aliphatic heterocycles. The summed E-state index contributed by atoms with van der Waals surface area (Å²) in [7, 11) is 1.62. The molecular weight excluding hydrogens is 318 g/mol. The number of amides is 1. The number of ether oxygens (including phenoxy) is 1. The molecule has 1 N–H and O–H groups in total. The number of carbonyl (C=O) groups is 1. The van der Waals surface area contributed by atoms with Crippen LogP contribution in [0.25, 0.3) is 11.4 Å². The Morgan fingerprint density at radius 2 is 2.24 bits per heavy atom. The molecule has 0 spiro atoms. The average Bonchev–Trinajstić information content (AvgIpc) is 3.07. The normalized spacial score (nSPS) is 16.8. The summed E-state index contributed by atoms with van der Waals surface area (Å²) < 4.78 is 10.7. The highest BCUT2D eigenvalue weighted by atomic mass is 16.5. The summed E-state index contributed by atoms with van der Waals surface area (Å²) >= 11 is 0. The van der Waals surface area contributed by atoms with Gasteiger partial charge in [0.25, 0.3) is 0 Å². The van der Waals surface area contributed by atoms with E-state index in [1.165, 1.54) is 0 Å². The van der Waals surface area contributed by atoms with Gasteiger partial charge < -0.3 is 14.6 Å². The summed E-state index contributed by atoms with van der Waals surface area (Å²) in [6, 6.07) is 7.26. The van der Waals surface area contributed by atoms with Gasteiger partial charge in [0.05, 0.1) is 7.11 Å². The van der Waals surface area contributed by atoms with Gasteiger partial charge >= 0.3 is 0 Å². The summed E-state index contributed by atoms with van der Waals surface area (Å²) in [5, 5.41) is 7.21. The summed E-state index contributed by atoms with van der Waals surface area (Å²) in [6.45, 7) is 4.17. The van der Waals surface area contributed by atoms with E-state index in [4.69, 9.17) is 9.26 Å². The first-order valence-electron chi connectivity index (χ1n) is 8.90. The molecule has 1 heterocycles. The second-order valence-electron chi connectivity index (χ2n) is 6.69. The number of aromatic nitrogens is 2. The highest BCUT2D eigenvalue weighted by Gasteiger charge is 2.31. The Morgan fingerprint density at radius 3 is 2.88 bits per heavy atom. The van der Waals surface area contributed by atoms with E-state index in [1.807, 2.05) is 24.3 Å². The SMILES string of the molecule is CC[C@H](C)[C@@H](NC(=O)C1CCC1)c1nc(-c2cccc(OC)c2)no1. The molecule has 2 atom stereocenters. The minimum atomic E-state index is -0.259. The van der Waals surface area contributed by atoms with Crippen molar-refractivity contribution in [1.29, 1.82) is 0 Å². The Kier molecular flexibility index (Phi) is 5.36. The van der Waals surface area contributed by atoms with E-state index in [-0.39, 0.29) is 23.8 Å². The highest BCUT2D eigenvalue weighted by Crippen LogP contribution is 2.30. The number of benzene rings is 1. The Balaban J connectivity index is 1.81. The molecule has 0 saturated heterocycles. The first kappa shape index (κ1) is 17.5. The molecule has 3 rings (SSSR count). The van der Waals surface area contributed by atoms with E-state index in [1.54, 1.807) is 7.11 Å². The third kappa shape index (κ3) is 3.83. The van der Waals surface area contributed by atoms with Crippen molar-refractivity contribution < 1.29 is 14.1 Å². The fourth-order valence-corrected chi connectivity index (χ4v) is 2.87. The van der Waals surface area contributed by atoms with Crippen LogP contribution in [0.4, 0.5) is 0 Å². The summed E-state index contributed by atoms with van der Waals surface area (Å²) in [4.78, 5) is 16.9. The molecule has 1 aliphatic rings. The smallest absolute Gasteiger partial charge is 0.249 e. The highest BCUT2D eigenvalue weighted by molar-refractivity contribution is 5.79. The molecule has 1 aromatic heterocycles. The van der Waals surface area contributed by atoms with Crippen LogP contribution in [0.2, 0.25) is 0 Å². The van der Waals surface area contributed by atoms with Crippen molar-refractivity contribution in [3.8, 4) is 17.1 Å². The predicted molar refractivity (Wildman–Crippen MR) is 94.0 cm³/mol. The minimum absolute atomic E-state index is 0.0951. The van der Waals surface area contributed by atoms with Gasteiger partial charge in [-0.25, -0.2) is 0 Å². The van der Waals surface area contributed by atoms with Gasteiger partial charge in [0.1, 0.15) is 11.8 Å². The average molecular weight is 343 g/mol. The lowest BCUT2D eigenvalue weighted by Gasteiger charge is -2.28. The molecule has 0 radical (unpaired) electrons. The van der Waals surface area contributed by atoms with Gasteiger partial charge in [-0.2, -0.15) is 4.98 Å². The third-order valence-corrected chi connectivity index (χ3v) is 5.02. The van der Waals surface area contributed by atoms with Crippen LogP contribution >= 0.6 is 0 Å². The summed E-state index contributed by atoms with van der Waals surface area (Å²) in [5.41, 5.74) is 0.822. The molecule has 1 fully saturated rings. The molecule has 0 unspecified atom stereocenters. The van der Waals surface area contributed by atoms with Gasteiger partial charge in [-0.05, 0) is 30.9 Å². The zero-order chi connectivity index (χ0) is 17.8. The van der Waals surface area contributed by atoms with Gasteiger partial charge in [-0.3, -0.25) is 4.79 Å². The monoisotopic (exact) mass is 343 g/mol. The second kappa shape index (κ2) is 7.68. The first-order valence-corrected chi connectivity index (χ1v) is 8.90. The van der Waals surface area contributed by atoms with Crippen LogP contribution in [-0.2, 0) is 4.79 Å². The van der Waals surface area contributed by atoms with Gasteiger partial charge in [0.2, 0.25) is 17.6 Å². The van der Waals surface area contributed by atoms with Gasteiger partial charge in [-0.1, -0.05) is 44.0 Å². The fourth-order valence-electron chi connectivity index (χ4n) is 2.87. The van der Waals surface area contributed by atoms with Crippen LogP contribution in [0, 0.1) is 11.8 Å². The number of methoxy groups -OCH3 is 1. The van der Waals surface area contributed by atoms with Crippen molar-refractivity contribution in [2.24, 2.45) is 11.8 Å². The van der Waals surface area contributed by atoms with Crippen LogP contribution in [0.5, 0.6) is 5.75 Å². The maximum atomic E-state index is 12.4. The van der Waals surface area contributed by atoms with Crippen LogP contribution in [-0.4, -0.2) is 23.2 Å². The van der Waals surface area contributed by atoms with Crippen molar-refractivity contribution in [2.75, 3.05) is 7.11 Å². The molecule has 1 amide bonds. The van der Waals surface area contributed by atoms with E-state index in [9.17, 15) is 4.79 Å². The molecule has 1 aliphatic carbocycles. The van der Waals surface area contributed by atoms with E-state index >= 15 is 0 Å². The maximum Gasteiger partial charge on any atom is 0.249 e. The largest absolute Gasteiger partial charge is 0.497 e. The van der Waals surface area contributed by atoms with Gasteiger partial charge in [-0.15, -0.1) is 0 Å². The zero-order valence-electron chi connectivity index (χ0n) is 15.0. The van der Waals surface area contributed by atoms with Crippen molar-refractivity contribution in [1.82, 2.24) is 15.5 Å². The number of carbonyl (C=O) groups excluding carboxylic acids is 1. The molecule has 1 saturated carbocycles. The molecule has 134 valence electrons. The van der Waals surface area contributed by atoms with E-state index < -0.39 is 0 Å². The number of hydrogen-bond donors (Lipinski definition) is 1. The van der Waals surface area contributed by atoms with Crippen LogP contribution < -0.4 is 10.1 Å². The van der Waals surface area contributed by atoms with Crippen molar-refractivity contribution in [3.05, 3.63) is 30.2 Å². The third-order valence-electron chi connectivity index (χ3n) is 5.02. The molecule has 25 heavy (non-hydrogen) atoms. The summed E-state index contributed by atoms with van der Waals surface area (Å²) in [5.74, 6) is 2.13. The zero-order valence-corrected chi connectivity index (χ0v) is 15.0. The maximum absolute atomic E-state index is 12.4. The number of hydrogen-bond acceptors (Lipinski definition) is 5. The minimum Gasteiger partial charge on any atom is -0.497 e. The molecular formula is C19H25N3O3. The lowest BCUT2D eigenvalue weighted by molar-refractivity contribution is -0.128. The van der Waals surface area contributed by atoms with Crippen LogP contribution in [0.3, 0.4) is 0 Å². The van der Waals surface area contributed by atoms with Crippen molar-refractivity contribution in [2.45, 2.75) is 45.6 Å². The molecule has 1 aromatic carbocycles. The second-order valence-corrected chi connectivity index (χ2v) is 6.69. The topological polar surface area (TPSA) is 77.2 Å². The Morgan fingerprint density at radius 1 is 1.44 bits per heavy atom. The number of nitrogens with one attached hydrogen (secondary N) is 1. The van der Waals surface area contributed by atoms with Gasteiger partial charge in [0, 0.05) is 11.5 Å². The standard InChI is InChI=1S/C19H25N3O3/c1-4-12(2)16(20-18(23)13-7-5-8-13)19-21-17(22-25-19)14-9-6-10-15(11-14)24-3/h6,9-13,16H,4-5,7-8H2,1-3H3,(H,20,23)/t12-,16+/m0/s1. The quantitative estimate of drug-likeness (QED) is 0.828. The predicted octanol–water partition coefficient (Wildman–Crippen LogP) is 3.75. The lowest BCUT2D eigenvalue weighted by Crippen LogP contribution is -2.39. The fraction of sp³-hybridized carbons (Fsp3) is 0.526. The number of nitrogens with zero attached hydrogens (tertiary/aromatic N) is 2. The molecule has 2 aromatic rings. The van der Waals surface area contributed by atoms with Crippen molar-refractivity contribution in [3.63, 3.8) is 0 Å². The van der Waals surface area contributed by atoms with E-state index in [0.717, 1.165) is 37.0 Å². The molecule has 6 heteroatoms.